The molecule has 1 atom stereocenters. The van der Waals surface area contributed by atoms with Gasteiger partial charge in [-0.2, -0.15) is 4.31 Å². The van der Waals surface area contributed by atoms with Crippen LogP contribution in [0.25, 0.3) is 6.08 Å². The van der Waals surface area contributed by atoms with E-state index in [0.717, 1.165) is 17.7 Å². The van der Waals surface area contributed by atoms with Crippen molar-refractivity contribution in [3.8, 4) is 0 Å². The predicted octanol–water partition coefficient (Wildman–Crippen LogP) is 2.40. The molecule has 7 heteroatoms. The zero-order valence-corrected chi connectivity index (χ0v) is 14.1. The number of sulfonamides is 1. The summed E-state index contributed by atoms with van der Waals surface area (Å²) >= 11 is 0. The third-order valence-corrected chi connectivity index (χ3v) is 6.15. The second-order valence-corrected chi connectivity index (χ2v) is 8.28. The molecule has 0 bridgehead atoms. The van der Waals surface area contributed by atoms with E-state index in [1.54, 1.807) is 6.08 Å². The Bertz CT molecular complexity index is 840. The Balaban J connectivity index is 1.44. The topological polar surface area (TPSA) is 68.1 Å². The van der Waals surface area contributed by atoms with E-state index in [1.807, 2.05) is 41.2 Å². The Labute approximate surface area is 141 Å². The standard InChI is InChI=1S/C17H20N4O2S/c22-24(23,11-9-14-4-2-1-3-5-14)20-10-8-16(12-20)21-13-17(18-19-21)15-6-7-15/h1-5,9,11,13,15-16H,6-8,10,12H2/b11-9+/t16-/m1/s1. The Hall–Kier alpha value is -1.99. The highest BCUT2D eigenvalue weighted by molar-refractivity contribution is 7.92. The van der Waals surface area contributed by atoms with Crippen molar-refractivity contribution in [3.63, 3.8) is 0 Å². The highest BCUT2D eigenvalue weighted by Crippen LogP contribution is 2.39. The van der Waals surface area contributed by atoms with Crippen LogP contribution < -0.4 is 0 Å². The zero-order chi connectivity index (χ0) is 16.6. The van der Waals surface area contributed by atoms with E-state index in [1.165, 1.54) is 22.6 Å². The van der Waals surface area contributed by atoms with Crippen molar-refractivity contribution in [2.24, 2.45) is 0 Å². The monoisotopic (exact) mass is 344 g/mol. The molecule has 1 aromatic heterocycles. The Morgan fingerprint density at radius 1 is 1.12 bits per heavy atom. The third-order valence-electron chi connectivity index (χ3n) is 4.62. The van der Waals surface area contributed by atoms with E-state index in [0.29, 0.717) is 19.0 Å². The second-order valence-electron chi connectivity index (χ2n) is 6.46. The fourth-order valence-corrected chi connectivity index (χ4v) is 4.25. The maximum Gasteiger partial charge on any atom is 0.236 e. The van der Waals surface area contributed by atoms with E-state index < -0.39 is 10.0 Å². The summed E-state index contributed by atoms with van der Waals surface area (Å²) in [4.78, 5) is 0. The Kier molecular flexibility index (Phi) is 3.97. The highest BCUT2D eigenvalue weighted by atomic mass is 32.2. The van der Waals surface area contributed by atoms with Crippen LogP contribution in [-0.4, -0.2) is 40.8 Å². The van der Waals surface area contributed by atoms with Crippen LogP contribution in [0.1, 0.15) is 42.5 Å². The summed E-state index contributed by atoms with van der Waals surface area (Å²) in [5.74, 6) is 0.564. The average molecular weight is 344 g/mol. The molecule has 24 heavy (non-hydrogen) atoms. The number of aromatic nitrogens is 3. The first-order chi connectivity index (χ1) is 11.6. The van der Waals surface area contributed by atoms with Crippen LogP contribution in [0, 0.1) is 0 Å². The van der Waals surface area contributed by atoms with Gasteiger partial charge in [-0.25, -0.2) is 13.1 Å². The molecule has 1 aliphatic carbocycles. The SMILES string of the molecule is O=S(=O)(/C=C/c1ccccc1)N1CC[C@@H](n2cc(C3CC3)nn2)C1. The molecule has 1 saturated carbocycles. The van der Waals surface area contributed by atoms with Crippen molar-refractivity contribution < 1.29 is 8.42 Å². The Morgan fingerprint density at radius 3 is 2.67 bits per heavy atom. The smallest absolute Gasteiger partial charge is 0.236 e. The molecule has 2 aliphatic rings. The molecule has 1 aromatic carbocycles. The summed E-state index contributed by atoms with van der Waals surface area (Å²) in [5.41, 5.74) is 1.92. The average Bonchev–Trinajstić information content (AvgIpc) is 3.12. The van der Waals surface area contributed by atoms with E-state index in [9.17, 15) is 8.42 Å². The van der Waals surface area contributed by atoms with Crippen molar-refractivity contribution in [1.29, 1.82) is 0 Å². The summed E-state index contributed by atoms with van der Waals surface area (Å²) in [6.45, 7) is 0.972. The van der Waals surface area contributed by atoms with Gasteiger partial charge in [0, 0.05) is 30.6 Å². The van der Waals surface area contributed by atoms with Gasteiger partial charge < -0.3 is 0 Å². The molecule has 4 rings (SSSR count). The summed E-state index contributed by atoms with van der Waals surface area (Å²) in [5, 5.41) is 9.71. The van der Waals surface area contributed by atoms with E-state index in [-0.39, 0.29) is 6.04 Å². The molecule has 126 valence electrons. The predicted molar refractivity (Wildman–Crippen MR) is 91.6 cm³/mol. The van der Waals surface area contributed by atoms with Crippen molar-refractivity contribution in [2.45, 2.75) is 31.2 Å². The van der Waals surface area contributed by atoms with Gasteiger partial charge in [0.1, 0.15) is 0 Å². The number of hydrogen-bond acceptors (Lipinski definition) is 4. The van der Waals surface area contributed by atoms with Gasteiger partial charge in [-0.1, -0.05) is 35.5 Å². The van der Waals surface area contributed by atoms with Gasteiger partial charge in [0.2, 0.25) is 10.0 Å². The third kappa shape index (κ3) is 3.27. The molecule has 1 aliphatic heterocycles. The van der Waals surface area contributed by atoms with Gasteiger partial charge in [-0.3, -0.25) is 0 Å². The van der Waals surface area contributed by atoms with Crippen molar-refractivity contribution >= 4 is 16.1 Å². The summed E-state index contributed by atoms with van der Waals surface area (Å²) in [7, 11) is -3.41. The lowest BCUT2D eigenvalue weighted by atomic mass is 10.2. The van der Waals surface area contributed by atoms with E-state index in [2.05, 4.69) is 10.3 Å². The first kappa shape index (κ1) is 15.5. The largest absolute Gasteiger partial charge is 0.248 e. The summed E-state index contributed by atoms with van der Waals surface area (Å²) in [6, 6.07) is 9.53. The fraction of sp³-hybridized carbons (Fsp3) is 0.412. The first-order valence-corrected chi connectivity index (χ1v) is 9.77. The minimum atomic E-state index is -3.41. The molecule has 0 radical (unpaired) electrons. The normalized spacial score (nSPS) is 22.4. The Morgan fingerprint density at radius 2 is 1.92 bits per heavy atom. The van der Waals surface area contributed by atoms with Crippen LogP contribution >= 0.6 is 0 Å². The number of nitrogens with zero attached hydrogens (tertiary/aromatic N) is 4. The quantitative estimate of drug-likeness (QED) is 0.835. The minimum Gasteiger partial charge on any atom is -0.248 e. The molecule has 0 spiro atoms. The molecule has 0 unspecified atom stereocenters. The molecule has 2 heterocycles. The van der Waals surface area contributed by atoms with E-state index in [4.69, 9.17) is 0 Å². The highest BCUT2D eigenvalue weighted by Gasteiger charge is 2.33. The number of hydrogen-bond donors (Lipinski definition) is 0. The van der Waals surface area contributed by atoms with Gasteiger partial charge in [0.25, 0.3) is 0 Å². The summed E-state index contributed by atoms with van der Waals surface area (Å²) in [6.07, 6.45) is 6.77. The van der Waals surface area contributed by atoms with Crippen LogP contribution in [0.15, 0.2) is 41.9 Å². The molecule has 2 fully saturated rings. The van der Waals surface area contributed by atoms with Crippen LogP contribution in [-0.2, 0) is 10.0 Å². The van der Waals surface area contributed by atoms with Crippen LogP contribution in [0.2, 0.25) is 0 Å². The minimum absolute atomic E-state index is 0.0740. The van der Waals surface area contributed by atoms with Gasteiger partial charge >= 0.3 is 0 Å². The number of rotatable bonds is 5. The lowest BCUT2D eigenvalue weighted by Crippen LogP contribution is -2.27. The van der Waals surface area contributed by atoms with Crippen molar-refractivity contribution in [1.82, 2.24) is 19.3 Å². The van der Waals surface area contributed by atoms with Crippen LogP contribution in [0.5, 0.6) is 0 Å². The van der Waals surface area contributed by atoms with Crippen LogP contribution in [0.3, 0.4) is 0 Å². The fourth-order valence-electron chi connectivity index (χ4n) is 3.01. The van der Waals surface area contributed by atoms with Gasteiger partial charge in [0.15, 0.2) is 0 Å². The molecule has 0 N–H and O–H groups in total. The molecule has 0 amide bonds. The van der Waals surface area contributed by atoms with Crippen LogP contribution in [0.4, 0.5) is 0 Å². The molecule has 1 saturated heterocycles. The molecule has 2 aromatic rings. The van der Waals surface area contributed by atoms with Gasteiger partial charge in [-0.05, 0) is 30.9 Å². The summed E-state index contributed by atoms with van der Waals surface area (Å²) < 4.78 is 28.4. The molecular formula is C17H20N4O2S. The lowest BCUT2D eigenvalue weighted by molar-refractivity contribution is 0.432. The second kappa shape index (κ2) is 6.14. The van der Waals surface area contributed by atoms with Crippen molar-refractivity contribution in [3.05, 3.63) is 53.2 Å². The van der Waals surface area contributed by atoms with Crippen molar-refractivity contribution in [2.75, 3.05) is 13.1 Å². The van der Waals surface area contributed by atoms with Gasteiger partial charge in [-0.15, -0.1) is 5.10 Å². The zero-order valence-electron chi connectivity index (χ0n) is 13.3. The lowest BCUT2D eigenvalue weighted by Gasteiger charge is -2.13. The first-order valence-electron chi connectivity index (χ1n) is 8.27. The maximum atomic E-state index is 12.5. The molecular weight excluding hydrogens is 324 g/mol. The number of benzene rings is 1. The maximum absolute atomic E-state index is 12.5. The van der Waals surface area contributed by atoms with E-state index >= 15 is 0 Å². The van der Waals surface area contributed by atoms with Gasteiger partial charge in [0.05, 0.1) is 11.7 Å². The molecule has 6 nitrogen and oxygen atoms in total.